The lowest BCUT2D eigenvalue weighted by molar-refractivity contribution is -0.144. The molecule has 5 heteroatoms. The lowest BCUT2D eigenvalue weighted by atomic mass is 9.93. The highest BCUT2D eigenvalue weighted by molar-refractivity contribution is 9.10. The molecule has 2 unspecified atom stereocenters. The van der Waals surface area contributed by atoms with Crippen molar-refractivity contribution in [1.29, 1.82) is 0 Å². The molecule has 0 saturated carbocycles. The molecule has 1 saturated heterocycles. The van der Waals surface area contributed by atoms with Crippen molar-refractivity contribution in [3.05, 3.63) is 20.8 Å². The Bertz CT molecular complexity index is 407. The van der Waals surface area contributed by atoms with Crippen LogP contribution in [0.15, 0.2) is 15.2 Å². The van der Waals surface area contributed by atoms with Gasteiger partial charge in [-0.2, -0.15) is 11.3 Å². The first-order chi connectivity index (χ1) is 8.08. The van der Waals surface area contributed by atoms with Gasteiger partial charge in [0, 0.05) is 29.0 Å². The van der Waals surface area contributed by atoms with Crippen LogP contribution < -0.4 is 0 Å². The molecule has 2 rings (SSSR count). The number of aliphatic carboxylic acids is 1. The molecule has 3 nitrogen and oxygen atoms in total. The lowest BCUT2D eigenvalue weighted by Gasteiger charge is -2.36. The molecule has 2 atom stereocenters. The number of likely N-dealkylation sites (tertiary alicyclic amines) is 1. The van der Waals surface area contributed by atoms with E-state index in [0.717, 1.165) is 23.9 Å². The summed E-state index contributed by atoms with van der Waals surface area (Å²) in [6, 6.07) is 0.470. The molecule has 1 aliphatic heterocycles. The predicted molar refractivity (Wildman–Crippen MR) is 72.3 cm³/mol. The number of hydrogen-bond donors (Lipinski definition) is 1. The third-order valence-electron chi connectivity index (χ3n) is 3.42. The maximum Gasteiger partial charge on any atom is 0.307 e. The van der Waals surface area contributed by atoms with Crippen LogP contribution in [0.5, 0.6) is 0 Å². The number of hydrogen-bond acceptors (Lipinski definition) is 3. The number of carboxylic acid groups (broad SMARTS) is 1. The minimum atomic E-state index is -0.661. The van der Waals surface area contributed by atoms with E-state index in [4.69, 9.17) is 5.11 Å². The van der Waals surface area contributed by atoms with Crippen molar-refractivity contribution < 1.29 is 9.90 Å². The van der Waals surface area contributed by atoms with Gasteiger partial charge >= 0.3 is 5.97 Å². The maximum absolute atomic E-state index is 11.0. The zero-order valence-corrected chi connectivity index (χ0v) is 12.1. The van der Waals surface area contributed by atoms with Crippen LogP contribution in [0.4, 0.5) is 0 Å². The minimum absolute atomic E-state index is 0.205. The summed E-state index contributed by atoms with van der Waals surface area (Å²) in [7, 11) is 0. The van der Waals surface area contributed by atoms with Crippen molar-refractivity contribution in [1.82, 2.24) is 4.90 Å². The Morgan fingerprint density at radius 3 is 2.94 bits per heavy atom. The second-order valence-corrected chi connectivity index (χ2v) is 6.23. The number of nitrogens with zero attached hydrogens (tertiary/aromatic N) is 1. The zero-order valence-electron chi connectivity index (χ0n) is 9.73. The Labute approximate surface area is 114 Å². The molecular formula is C12H16BrNO2S. The summed E-state index contributed by atoms with van der Waals surface area (Å²) in [4.78, 5) is 13.3. The van der Waals surface area contributed by atoms with E-state index in [9.17, 15) is 4.79 Å². The standard InChI is InChI=1S/C12H16BrNO2S/c1-8-2-3-9(12(15)16)4-14(8)5-10-6-17-7-11(10)13/h6-9H,2-5H2,1H3,(H,15,16). The van der Waals surface area contributed by atoms with Crippen LogP contribution in [0.25, 0.3) is 0 Å². The van der Waals surface area contributed by atoms with Gasteiger partial charge in [0.1, 0.15) is 0 Å². The minimum Gasteiger partial charge on any atom is -0.481 e. The quantitative estimate of drug-likeness (QED) is 0.930. The number of carboxylic acids is 1. The summed E-state index contributed by atoms with van der Waals surface area (Å²) in [5, 5.41) is 13.3. The van der Waals surface area contributed by atoms with E-state index in [1.165, 1.54) is 5.56 Å². The fourth-order valence-electron chi connectivity index (χ4n) is 2.24. The van der Waals surface area contributed by atoms with E-state index in [2.05, 4.69) is 38.5 Å². The van der Waals surface area contributed by atoms with Gasteiger partial charge in [-0.1, -0.05) is 0 Å². The molecule has 1 aromatic rings. The van der Waals surface area contributed by atoms with Crippen molar-refractivity contribution in [3.63, 3.8) is 0 Å². The van der Waals surface area contributed by atoms with E-state index < -0.39 is 5.97 Å². The maximum atomic E-state index is 11.0. The summed E-state index contributed by atoms with van der Waals surface area (Å²) < 4.78 is 1.13. The average Bonchev–Trinajstić information content (AvgIpc) is 2.67. The van der Waals surface area contributed by atoms with Crippen LogP contribution in [-0.4, -0.2) is 28.6 Å². The molecule has 1 N–H and O–H groups in total. The second-order valence-electron chi connectivity index (χ2n) is 4.64. The van der Waals surface area contributed by atoms with Crippen molar-refractivity contribution in [2.24, 2.45) is 5.92 Å². The van der Waals surface area contributed by atoms with Gasteiger partial charge in [0.2, 0.25) is 0 Å². The van der Waals surface area contributed by atoms with Crippen LogP contribution in [0, 0.1) is 5.92 Å². The van der Waals surface area contributed by atoms with Gasteiger partial charge in [0.05, 0.1) is 5.92 Å². The Hall–Kier alpha value is -0.390. The van der Waals surface area contributed by atoms with E-state index in [-0.39, 0.29) is 5.92 Å². The van der Waals surface area contributed by atoms with Crippen molar-refractivity contribution in [2.75, 3.05) is 6.54 Å². The molecule has 2 heterocycles. The number of rotatable bonds is 3. The van der Waals surface area contributed by atoms with Crippen molar-refractivity contribution in [2.45, 2.75) is 32.4 Å². The van der Waals surface area contributed by atoms with Crippen LogP contribution in [0.1, 0.15) is 25.3 Å². The number of carbonyl (C=O) groups is 1. The largest absolute Gasteiger partial charge is 0.481 e. The van der Waals surface area contributed by atoms with Crippen LogP contribution in [-0.2, 0) is 11.3 Å². The molecule has 0 spiro atoms. The Kier molecular flexibility index (Phi) is 4.22. The zero-order chi connectivity index (χ0) is 12.4. The van der Waals surface area contributed by atoms with Crippen molar-refractivity contribution >= 4 is 33.2 Å². The second kappa shape index (κ2) is 5.50. The molecule has 1 aliphatic rings. The summed E-state index contributed by atoms with van der Waals surface area (Å²) in [5.74, 6) is -0.866. The fourth-order valence-corrected chi connectivity index (χ4v) is 3.66. The SMILES string of the molecule is CC1CCC(C(=O)O)CN1Cc1cscc1Br. The average molecular weight is 318 g/mol. The molecule has 0 amide bonds. The summed E-state index contributed by atoms with van der Waals surface area (Å²) >= 11 is 5.20. The smallest absolute Gasteiger partial charge is 0.307 e. The monoisotopic (exact) mass is 317 g/mol. The van der Waals surface area contributed by atoms with Crippen LogP contribution in [0.3, 0.4) is 0 Å². The first kappa shape index (κ1) is 13.1. The molecule has 94 valence electrons. The first-order valence-corrected chi connectivity index (χ1v) is 7.49. The molecule has 0 aromatic carbocycles. The summed E-state index contributed by atoms with van der Waals surface area (Å²) in [5.41, 5.74) is 1.26. The number of thiophene rings is 1. The van der Waals surface area contributed by atoms with Gasteiger partial charge in [0.15, 0.2) is 0 Å². The van der Waals surface area contributed by atoms with Gasteiger partial charge in [-0.05, 0) is 46.6 Å². The molecule has 1 aromatic heterocycles. The van der Waals surface area contributed by atoms with Crippen LogP contribution in [0.2, 0.25) is 0 Å². The topological polar surface area (TPSA) is 40.5 Å². The number of piperidine rings is 1. The summed E-state index contributed by atoms with van der Waals surface area (Å²) in [6.45, 7) is 3.69. The van der Waals surface area contributed by atoms with E-state index in [1.807, 2.05) is 0 Å². The molecular weight excluding hydrogens is 302 g/mol. The Balaban J connectivity index is 2.03. The van der Waals surface area contributed by atoms with Gasteiger partial charge in [-0.15, -0.1) is 0 Å². The number of halogens is 1. The predicted octanol–water partition coefficient (Wildman–Crippen LogP) is 3.20. The van der Waals surface area contributed by atoms with Gasteiger partial charge < -0.3 is 5.11 Å². The highest BCUT2D eigenvalue weighted by atomic mass is 79.9. The third kappa shape index (κ3) is 3.09. The molecule has 0 aliphatic carbocycles. The lowest BCUT2D eigenvalue weighted by Crippen LogP contribution is -2.43. The Morgan fingerprint density at radius 2 is 2.35 bits per heavy atom. The molecule has 0 radical (unpaired) electrons. The Morgan fingerprint density at radius 1 is 1.59 bits per heavy atom. The van der Waals surface area contributed by atoms with E-state index in [1.54, 1.807) is 11.3 Å². The van der Waals surface area contributed by atoms with E-state index >= 15 is 0 Å². The molecule has 17 heavy (non-hydrogen) atoms. The van der Waals surface area contributed by atoms with E-state index in [0.29, 0.717) is 12.6 Å². The fraction of sp³-hybridized carbons (Fsp3) is 0.583. The molecule has 0 bridgehead atoms. The molecule has 1 fully saturated rings. The van der Waals surface area contributed by atoms with Crippen LogP contribution >= 0.6 is 27.3 Å². The third-order valence-corrected chi connectivity index (χ3v) is 5.26. The highest BCUT2D eigenvalue weighted by Crippen LogP contribution is 2.28. The first-order valence-electron chi connectivity index (χ1n) is 5.75. The van der Waals surface area contributed by atoms with Gasteiger partial charge in [-0.25, -0.2) is 0 Å². The highest BCUT2D eigenvalue weighted by Gasteiger charge is 2.29. The summed E-state index contributed by atoms with van der Waals surface area (Å²) in [6.07, 6.45) is 1.77. The van der Waals surface area contributed by atoms with Crippen molar-refractivity contribution in [3.8, 4) is 0 Å². The van der Waals surface area contributed by atoms with Gasteiger partial charge in [0.25, 0.3) is 0 Å². The normalized spacial score (nSPS) is 26.0. The van der Waals surface area contributed by atoms with Gasteiger partial charge in [-0.3, -0.25) is 9.69 Å².